The predicted molar refractivity (Wildman–Crippen MR) is 102 cm³/mol. The minimum Gasteiger partial charge on any atom is -0.356 e. The lowest BCUT2D eigenvalue weighted by molar-refractivity contribution is 0.0950. The van der Waals surface area contributed by atoms with Gasteiger partial charge in [-0.1, -0.05) is 11.6 Å². The van der Waals surface area contributed by atoms with E-state index in [0.29, 0.717) is 45.5 Å². The van der Waals surface area contributed by atoms with Crippen molar-refractivity contribution in [1.82, 2.24) is 15.3 Å². The third kappa shape index (κ3) is 3.17. The molecule has 0 bridgehead atoms. The number of hydrogen-bond acceptors (Lipinski definition) is 1. The van der Waals surface area contributed by atoms with Crippen LogP contribution in [0.5, 0.6) is 0 Å². The summed E-state index contributed by atoms with van der Waals surface area (Å²) in [6, 6.07) is 8.75. The van der Waals surface area contributed by atoms with Gasteiger partial charge in [0.1, 0.15) is 17.3 Å². The van der Waals surface area contributed by atoms with Gasteiger partial charge in [0, 0.05) is 28.5 Å². The Hall–Kier alpha value is -2.86. The van der Waals surface area contributed by atoms with Crippen LogP contribution in [0.3, 0.4) is 0 Å². The molecular weight excluding hydrogens is 372 g/mol. The van der Waals surface area contributed by atoms with E-state index in [1.54, 1.807) is 12.1 Å². The van der Waals surface area contributed by atoms with E-state index in [4.69, 9.17) is 11.6 Å². The molecule has 0 atom stereocenters. The minimum atomic E-state index is -0.363. The van der Waals surface area contributed by atoms with Gasteiger partial charge in [0.15, 0.2) is 0 Å². The number of amides is 1. The number of carbonyl (C=O) groups excluding carboxylic acids is 1. The second kappa shape index (κ2) is 6.70. The third-order valence-electron chi connectivity index (χ3n) is 4.66. The molecule has 0 aliphatic heterocycles. The maximum atomic E-state index is 14.0. The van der Waals surface area contributed by atoms with Crippen molar-refractivity contribution in [3.8, 4) is 0 Å². The lowest BCUT2D eigenvalue weighted by atomic mass is 10.1. The summed E-state index contributed by atoms with van der Waals surface area (Å²) in [4.78, 5) is 18.4. The SMILES string of the molecule is Cc1[nH]c2c(F)ccc(Cl)c2c1CCNC(=O)c1cc2cc(F)ccc2[nH]1. The average Bonchev–Trinajstić information content (AvgIpc) is 3.20. The van der Waals surface area contributed by atoms with E-state index in [1.165, 1.54) is 24.3 Å². The molecule has 7 heteroatoms. The summed E-state index contributed by atoms with van der Waals surface area (Å²) >= 11 is 6.23. The number of aromatic nitrogens is 2. The van der Waals surface area contributed by atoms with E-state index in [0.717, 1.165) is 11.3 Å². The molecule has 138 valence electrons. The highest BCUT2D eigenvalue weighted by molar-refractivity contribution is 6.35. The first-order valence-corrected chi connectivity index (χ1v) is 8.83. The molecule has 1 amide bonds. The molecule has 4 nitrogen and oxygen atoms in total. The van der Waals surface area contributed by atoms with Crippen LogP contribution in [0.4, 0.5) is 8.78 Å². The van der Waals surface area contributed by atoms with Crippen molar-refractivity contribution in [2.24, 2.45) is 0 Å². The summed E-state index contributed by atoms with van der Waals surface area (Å²) in [6.07, 6.45) is 0.496. The Bertz CT molecular complexity index is 1180. The molecule has 4 rings (SSSR count). The lowest BCUT2D eigenvalue weighted by Crippen LogP contribution is -2.26. The maximum absolute atomic E-state index is 14.0. The summed E-state index contributed by atoms with van der Waals surface area (Å²) < 4.78 is 27.2. The number of benzene rings is 2. The minimum absolute atomic E-state index is 0.290. The molecule has 2 aromatic carbocycles. The number of fused-ring (bicyclic) bond motifs is 2. The number of rotatable bonds is 4. The van der Waals surface area contributed by atoms with Crippen LogP contribution in [0.2, 0.25) is 5.02 Å². The smallest absolute Gasteiger partial charge is 0.267 e. The largest absolute Gasteiger partial charge is 0.356 e. The van der Waals surface area contributed by atoms with Crippen molar-refractivity contribution in [2.75, 3.05) is 6.54 Å². The van der Waals surface area contributed by atoms with Crippen LogP contribution < -0.4 is 5.32 Å². The molecular formula is C20H16ClF2N3O. The molecule has 3 N–H and O–H groups in total. The molecule has 0 fully saturated rings. The fraction of sp³-hybridized carbons (Fsp3) is 0.150. The first-order chi connectivity index (χ1) is 12.9. The normalized spacial score (nSPS) is 11.4. The van der Waals surface area contributed by atoms with Gasteiger partial charge in [-0.15, -0.1) is 0 Å². The van der Waals surface area contributed by atoms with E-state index >= 15 is 0 Å². The zero-order valence-electron chi connectivity index (χ0n) is 14.4. The second-order valence-electron chi connectivity index (χ2n) is 6.43. The van der Waals surface area contributed by atoms with Gasteiger partial charge in [-0.2, -0.15) is 0 Å². The fourth-order valence-corrected chi connectivity index (χ4v) is 3.63. The van der Waals surface area contributed by atoms with E-state index < -0.39 is 0 Å². The third-order valence-corrected chi connectivity index (χ3v) is 4.97. The van der Waals surface area contributed by atoms with Crippen molar-refractivity contribution in [2.45, 2.75) is 13.3 Å². The Balaban J connectivity index is 1.51. The van der Waals surface area contributed by atoms with Crippen molar-refractivity contribution < 1.29 is 13.6 Å². The molecule has 2 heterocycles. The Labute approximate surface area is 158 Å². The highest BCUT2D eigenvalue weighted by Gasteiger charge is 2.15. The molecule has 0 saturated heterocycles. The first kappa shape index (κ1) is 17.5. The molecule has 0 unspecified atom stereocenters. The van der Waals surface area contributed by atoms with Crippen LogP contribution in [-0.2, 0) is 6.42 Å². The quantitative estimate of drug-likeness (QED) is 0.460. The second-order valence-corrected chi connectivity index (χ2v) is 6.84. The van der Waals surface area contributed by atoms with E-state index in [1.807, 2.05) is 6.92 Å². The average molecular weight is 388 g/mol. The Kier molecular flexibility index (Phi) is 4.36. The number of carbonyl (C=O) groups is 1. The van der Waals surface area contributed by atoms with Crippen LogP contribution in [0.1, 0.15) is 21.7 Å². The first-order valence-electron chi connectivity index (χ1n) is 8.45. The summed E-state index contributed by atoms with van der Waals surface area (Å²) in [7, 11) is 0. The summed E-state index contributed by atoms with van der Waals surface area (Å²) in [5.74, 6) is -1.01. The Morgan fingerprint density at radius 1 is 1.15 bits per heavy atom. The van der Waals surface area contributed by atoms with Crippen LogP contribution >= 0.6 is 11.6 Å². The van der Waals surface area contributed by atoms with Crippen molar-refractivity contribution >= 4 is 39.3 Å². The molecule has 0 aliphatic rings. The summed E-state index contributed by atoms with van der Waals surface area (Å²) in [5.41, 5.74) is 3.10. The van der Waals surface area contributed by atoms with Gasteiger partial charge in [0.05, 0.1) is 10.5 Å². The van der Waals surface area contributed by atoms with Gasteiger partial charge in [-0.3, -0.25) is 4.79 Å². The van der Waals surface area contributed by atoms with Gasteiger partial charge in [0.2, 0.25) is 0 Å². The van der Waals surface area contributed by atoms with Gasteiger partial charge in [-0.25, -0.2) is 8.78 Å². The zero-order chi connectivity index (χ0) is 19.1. The molecule has 2 aromatic heterocycles. The highest BCUT2D eigenvalue weighted by atomic mass is 35.5. The maximum Gasteiger partial charge on any atom is 0.267 e. The van der Waals surface area contributed by atoms with Gasteiger partial charge in [-0.05, 0) is 55.3 Å². The van der Waals surface area contributed by atoms with Crippen molar-refractivity contribution in [3.05, 3.63) is 70.0 Å². The lowest BCUT2D eigenvalue weighted by Gasteiger charge is -2.05. The summed E-state index contributed by atoms with van der Waals surface area (Å²) in [6.45, 7) is 2.20. The molecule has 0 aliphatic carbocycles. The molecule has 27 heavy (non-hydrogen) atoms. The van der Waals surface area contributed by atoms with Crippen LogP contribution in [0.25, 0.3) is 21.8 Å². The molecule has 4 aromatic rings. The number of nitrogens with one attached hydrogen (secondary N) is 3. The molecule has 0 saturated carbocycles. The predicted octanol–water partition coefficient (Wildman–Crippen LogP) is 4.86. The van der Waals surface area contributed by atoms with Crippen molar-refractivity contribution in [1.29, 1.82) is 0 Å². The van der Waals surface area contributed by atoms with E-state index in [-0.39, 0.29) is 17.5 Å². The summed E-state index contributed by atoms with van der Waals surface area (Å²) in [5, 5.41) is 4.57. The number of H-pyrrole nitrogens is 2. The zero-order valence-corrected chi connectivity index (χ0v) is 15.2. The van der Waals surface area contributed by atoms with Gasteiger partial charge in [0.25, 0.3) is 5.91 Å². The monoisotopic (exact) mass is 387 g/mol. The molecule has 0 spiro atoms. The van der Waals surface area contributed by atoms with E-state index in [2.05, 4.69) is 15.3 Å². The van der Waals surface area contributed by atoms with Crippen LogP contribution in [0, 0.1) is 18.6 Å². The van der Waals surface area contributed by atoms with Crippen molar-refractivity contribution in [3.63, 3.8) is 0 Å². The highest BCUT2D eigenvalue weighted by Crippen LogP contribution is 2.31. The Morgan fingerprint density at radius 2 is 1.96 bits per heavy atom. The number of aryl methyl sites for hydroxylation is 1. The fourth-order valence-electron chi connectivity index (χ4n) is 3.35. The number of aromatic amines is 2. The number of hydrogen-bond donors (Lipinski definition) is 3. The van der Waals surface area contributed by atoms with E-state index in [9.17, 15) is 13.6 Å². The topological polar surface area (TPSA) is 60.7 Å². The standard InChI is InChI=1S/C20H16ClF2N3O/c1-10-13(18-14(21)3-4-15(23)19(18)25-10)6-7-24-20(27)17-9-11-8-12(22)2-5-16(11)26-17/h2-5,8-9,25-26H,6-7H2,1H3,(H,24,27). The van der Waals surface area contributed by atoms with Gasteiger partial charge < -0.3 is 15.3 Å². The van der Waals surface area contributed by atoms with Crippen LogP contribution in [-0.4, -0.2) is 22.4 Å². The van der Waals surface area contributed by atoms with Gasteiger partial charge >= 0.3 is 0 Å². The van der Waals surface area contributed by atoms with Crippen LogP contribution in [0.15, 0.2) is 36.4 Å². The number of halogens is 3. The molecule has 0 radical (unpaired) electrons. The Morgan fingerprint density at radius 3 is 2.78 bits per heavy atom.